The number of hydrogen-bond acceptors (Lipinski definition) is 12. The Labute approximate surface area is 390 Å². The number of anilines is 1. The Morgan fingerprint density at radius 1 is 0.956 bits per heavy atom. The molecule has 68 heavy (non-hydrogen) atoms. The molecule has 1 unspecified atom stereocenters. The molecule has 6 heterocycles. The molecule has 6 aromatic rings. The molecule has 4 aliphatic rings. The summed E-state index contributed by atoms with van der Waals surface area (Å²) in [7, 11) is 1.72. The van der Waals surface area contributed by atoms with Crippen molar-refractivity contribution in [2.24, 2.45) is 13.0 Å². The second-order valence-electron chi connectivity index (χ2n) is 18.5. The fourth-order valence-corrected chi connectivity index (χ4v) is 9.39. The van der Waals surface area contributed by atoms with Gasteiger partial charge in [0.25, 0.3) is 12.3 Å². The number of fused-ring (bicyclic) bond motifs is 1. The van der Waals surface area contributed by atoms with Crippen LogP contribution in [0.3, 0.4) is 0 Å². The van der Waals surface area contributed by atoms with Gasteiger partial charge < -0.3 is 19.8 Å². The highest BCUT2D eigenvalue weighted by Crippen LogP contribution is 2.34. The van der Waals surface area contributed by atoms with E-state index in [1.54, 1.807) is 23.9 Å². The van der Waals surface area contributed by atoms with E-state index in [2.05, 4.69) is 40.8 Å². The molecule has 2 aliphatic heterocycles. The molecule has 2 aliphatic carbocycles. The molecule has 0 radical (unpaired) electrons. The van der Waals surface area contributed by atoms with E-state index < -0.39 is 30.0 Å². The molecule has 2 saturated carbocycles. The van der Waals surface area contributed by atoms with Gasteiger partial charge in [-0.1, -0.05) is 31.0 Å². The molecule has 0 spiro atoms. The van der Waals surface area contributed by atoms with Crippen LogP contribution in [0.1, 0.15) is 90.4 Å². The number of benzene rings is 2. The van der Waals surface area contributed by atoms with Gasteiger partial charge in [-0.25, -0.2) is 23.2 Å². The minimum absolute atomic E-state index is 0.0409. The van der Waals surface area contributed by atoms with Crippen molar-refractivity contribution in [2.45, 2.75) is 89.1 Å². The van der Waals surface area contributed by atoms with Gasteiger partial charge in [-0.05, 0) is 85.5 Å². The van der Waals surface area contributed by atoms with Crippen LogP contribution in [0.2, 0.25) is 0 Å². The molecule has 10 rings (SSSR count). The molecular formula is C49H55F2N11O6. The molecule has 4 aromatic heterocycles. The van der Waals surface area contributed by atoms with Crippen LogP contribution in [-0.2, 0) is 40.9 Å². The lowest BCUT2D eigenvalue weighted by Crippen LogP contribution is -2.48. The number of halogens is 2. The summed E-state index contributed by atoms with van der Waals surface area (Å²) in [4.78, 5) is 64.1. The number of imidazole rings is 1. The Balaban J connectivity index is 0.635. The van der Waals surface area contributed by atoms with E-state index in [0.29, 0.717) is 42.4 Å². The first-order valence-corrected chi connectivity index (χ1v) is 23.5. The summed E-state index contributed by atoms with van der Waals surface area (Å²) in [6.45, 7) is 6.67. The van der Waals surface area contributed by atoms with Crippen LogP contribution in [0.25, 0.3) is 28.2 Å². The van der Waals surface area contributed by atoms with Gasteiger partial charge in [0.2, 0.25) is 17.7 Å². The van der Waals surface area contributed by atoms with Gasteiger partial charge in [0.05, 0.1) is 41.3 Å². The number of imide groups is 1. The van der Waals surface area contributed by atoms with E-state index in [1.807, 2.05) is 48.5 Å². The van der Waals surface area contributed by atoms with Gasteiger partial charge in [0.15, 0.2) is 11.4 Å². The Morgan fingerprint density at radius 3 is 2.50 bits per heavy atom. The van der Waals surface area contributed by atoms with Crippen molar-refractivity contribution in [2.75, 3.05) is 44.6 Å². The SMILES string of the molecule is Cn1c(=O)n(C2CCC(=O)NC2=O)c2ccc(CN3CCN(CCOC4CC(NCc5ccc(-n6cc(NC(=O)c7coc(-c8ccnc(CCC9CC9)c8)n7)c(C(F)F)n6)cc5)C4)CC3)cc21. The molecule has 1 atom stereocenters. The largest absolute Gasteiger partial charge is 0.444 e. The van der Waals surface area contributed by atoms with E-state index >= 15 is 0 Å². The zero-order valence-electron chi connectivity index (χ0n) is 37.9. The Morgan fingerprint density at radius 2 is 1.74 bits per heavy atom. The van der Waals surface area contributed by atoms with Crippen LogP contribution < -0.4 is 21.6 Å². The number of aromatic nitrogens is 6. The third-order valence-corrected chi connectivity index (χ3v) is 13.7. The van der Waals surface area contributed by atoms with Crippen LogP contribution in [-0.4, -0.2) is 108 Å². The van der Waals surface area contributed by atoms with Crippen molar-refractivity contribution in [3.05, 3.63) is 112 Å². The number of oxazole rings is 1. The van der Waals surface area contributed by atoms with Crippen molar-refractivity contribution in [3.63, 3.8) is 0 Å². The minimum atomic E-state index is -2.92. The van der Waals surface area contributed by atoms with Gasteiger partial charge in [0.1, 0.15) is 12.3 Å². The number of piperazine rings is 1. The van der Waals surface area contributed by atoms with Gasteiger partial charge in [-0.15, -0.1) is 0 Å². The Hall–Kier alpha value is -6.41. The number of aryl methyl sites for hydroxylation is 2. The number of ether oxygens (including phenoxy) is 1. The third-order valence-electron chi connectivity index (χ3n) is 13.7. The number of hydrogen-bond donors (Lipinski definition) is 3. The Bertz CT molecular complexity index is 2850. The molecular weight excluding hydrogens is 877 g/mol. The fourth-order valence-electron chi connectivity index (χ4n) is 9.39. The number of amides is 3. The van der Waals surface area contributed by atoms with Crippen LogP contribution in [0, 0.1) is 5.92 Å². The van der Waals surface area contributed by atoms with Crippen molar-refractivity contribution in [1.82, 2.24) is 49.3 Å². The normalized spacial score (nSPS) is 20.3. The Kier molecular flexibility index (Phi) is 13.1. The second kappa shape index (κ2) is 19.7. The lowest BCUT2D eigenvalue weighted by atomic mass is 9.89. The molecule has 4 fully saturated rings. The van der Waals surface area contributed by atoms with Crippen molar-refractivity contribution >= 4 is 34.4 Å². The summed E-state index contributed by atoms with van der Waals surface area (Å²) in [5.41, 5.74) is 4.81. The van der Waals surface area contributed by atoms with E-state index in [1.165, 1.54) is 34.6 Å². The van der Waals surface area contributed by atoms with Crippen LogP contribution >= 0.6 is 0 Å². The molecule has 2 saturated heterocycles. The zero-order valence-corrected chi connectivity index (χ0v) is 37.9. The smallest absolute Gasteiger partial charge is 0.329 e. The van der Waals surface area contributed by atoms with Crippen molar-refractivity contribution in [3.8, 4) is 17.1 Å². The van der Waals surface area contributed by atoms with Gasteiger partial charge in [-0.2, -0.15) is 5.10 Å². The van der Waals surface area contributed by atoms with E-state index in [-0.39, 0.29) is 41.4 Å². The number of pyridine rings is 1. The highest BCUT2D eigenvalue weighted by Gasteiger charge is 2.32. The maximum atomic E-state index is 14.1. The van der Waals surface area contributed by atoms with Crippen LogP contribution in [0.15, 0.2) is 82.5 Å². The second-order valence-corrected chi connectivity index (χ2v) is 18.5. The van der Waals surface area contributed by atoms with Crippen LogP contribution in [0.5, 0.6) is 0 Å². The number of carbonyl (C=O) groups is 3. The average Bonchev–Trinajstić information content (AvgIpc) is 3.74. The first-order valence-electron chi connectivity index (χ1n) is 23.5. The fraction of sp³-hybridized carbons (Fsp3) is 0.449. The number of nitrogens with zero attached hydrogens (tertiary/aromatic N) is 8. The summed E-state index contributed by atoms with van der Waals surface area (Å²) in [5.74, 6) is -0.407. The van der Waals surface area contributed by atoms with E-state index in [9.17, 15) is 28.0 Å². The standard InChI is InChI=1S/C49H55F2N11O6/c1-58-42-22-32(7-11-40(42)62(49(58)66)41-12-13-43(63)56-47(41)65)27-60-18-16-59(17-19-60)20-21-67-37-24-35(25-37)53-26-31-5-9-36(10-6-31)61-28-38(44(57-61)45(50)51)54-46(64)39-29-68-48(55-39)33-14-15-52-34(23-33)8-4-30-2-3-30/h5-7,9-11,14-15,22-23,28-30,35,37,41,45,53H,2-4,8,12-13,16-21,24-27H2,1H3,(H,54,64)(H,56,63,65). The molecule has 356 valence electrons. The number of rotatable bonds is 18. The summed E-state index contributed by atoms with van der Waals surface area (Å²) in [6, 6.07) is 16.7. The molecule has 3 amide bonds. The lowest BCUT2D eigenvalue weighted by molar-refractivity contribution is -0.135. The van der Waals surface area contributed by atoms with Gasteiger partial charge in [-0.3, -0.25) is 43.6 Å². The predicted molar refractivity (Wildman–Crippen MR) is 247 cm³/mol. The highest BCUT2D eigenvalue weighted by atomic mass is 19.3. The molecule has 3 N–H and O–H groups in total. The maximum Gasteiger partial charge on any atom is 0.329 e. The van der Waals surface area contributed by atoms with Crippen molar-refractivity contribution < 1.29 is 32.3 Å². The highest BCUT2D eigenvalue weighted by molar-refractivity contribution is 6.03. The number of carbonyl (C=O) groups excluding carboxylic acids is 3. The summed E-state index contributed by atoms with van der Waals surface area (Å²) in [5, 5.41) is 12.6. The number of piperidine rings is 1. The summed E-state index contributed by atoms with van der Waals surface area (Å²) in [6.07, 6.45) is 8.43. The quantitative estimate of drug-likeness (QED) is 0.0916. The number of alkyl halides is 2. The van der Waals surface area contributed by atoms with Gasteiger partial charge in [0, 0.05) is 82.8 Å². The van der Waals surface area contributed by atoms with E-state index in [4.69, 9.17) is 9.15 Å². The maximum absolute atomic E-state index is 14.1. The predicted octanol–water partition coefficient (Wildman–Crippen LogP) is 5.54. The van der Waals surface area contributed by atoms with E-state index in [0.717, 1.165) is 93.2 Å². The first kappa shape index (κ1) is 45.4. The summed E-state index contributed by atoms with van der Waals surface area (Å²) < 4.78 is 44.5. The third kappa shape index (κ3) is 10.2. The average molecular weight is 932 g/mol. The lowest BCUT2D eigenvalue weighted by Gasteiger charge is -2.37. The number of nitrogens with one attached hydrogen (secondary N) is 3. The topological polar surface area (TPSA) is 187 Å². The molecule has 2 aromatic carbocycles. The molecule has 17 nitrogen and oxygen atoms in total. The summed E-state index contributed by atoms with van der Waals surface area (Å²) >= 11 is 0. The first-order chi connectivity index (χ1) is 33.0. The molecule has 0 bridgehead atoms. The zero-order chi connectivity index (χ0) is 46.9. The van der Waals surface area contributed by atoms with Crippen LogP contribution in [0.4, 0.5) is 14.5 Å². The molecule has 19 heteroatoms. The van der Waals surface area contributed by atoms with Gasteiger partial charge >= 0.3 is 5.69 Å². The van der Waals surface area contributed by atoms with Crippen molar-refractivity contribution in [1.29, 1.82) is 0 Å². The minimum Gasteiger partial charge on any atom is -0.444 e. The monoisotopic (exact) mass is 931 g/mol.